The molecule has 0 aromatic carbocycles. The second kappa shape index (κ2) is 7.33. The van der Waals surface area contributed by atoms with Crippen molar-refractivity contribution in [2.75, 3.05) is 6.61 Å². The Labute approximate surface area is 107 Å². The van der Waals surface area contributed by atoms with Crippen molar-refractivity contribution in [3.63, 3.8) is 0 Å². The predicted molar refractivity (Wildman–Crippen MR) is 66.2 cm³/mol. The van der Waals surface area contributed by atoms with Crippen LogP contribution in [0.1, 0.15) is 41.0 Å². The maximum absolute atomic E-state index is 10.1. The Kier molecular flexibility index (Phi) is 7.82. The lowest BCUT2D eigenvalue weighted by atomic mass is 9.89. The van der Waals surface area contributed by atoms with Crippen molar-refractivity contribution < 1.29 is 30.0 Å². The molecule has 0 saturated carbocycles. The molecule has 0 spiro atoms. The minimum atomic E-state index is -1.22. The van der Waals surface area contributed by atoms with Crippen LogP contribution in [0.4, 0.5) is 0 Å². The third-order valence-corrected chi connectivity index (χ3v) is 2.07. The molecule has 0 rings (SSSR count). The quantitative estimate of drug-likeness (QED) is 0.601. The first kappa shape index (κ1) is 19.2. The molecule has 1 atom stereocenters. The molecule has 0 radical (unpaired) electrons. The van der Waals surface area contributed by atoms with Gasteiger partial charge in [-0.15, -0.1) is 0 Å². The minimum Gasteiger partial charge on any atom is -0.481 e. The van der Waals surface area contributed by atoms with E-state index in [1.165, 1.54) is 13.8 Å². The number of aliphatic carboxylic acids is 2. The van der Waals surface area contributed by atoms with Gasteiger partial charge in [0.1, 0.15) is 0 Å². The van der Waals surface area contributed by atoms with Gasteiger partial charge in [-0.2, -0.15) is 0 Å². The van der Waals surface area contributed by atoms with E-state index in [-0.39, 0.29) is 12.0 Å². The molecule has 6 heteroatoms. The van der Waals surface area contributed by atoms with Crippen LogP contribution in [-0.2, 0) is 9.59 Å². The lowest BCUT2D eigenvalue weighted by Gasteiger charge is -2.19. The normalized spacial score (nSPS) is 13.3. The number of carbonyl (C=O) groups is 2. The van der Waals surface area contributed by atoms with Gasteiger partial charge in [0.2, 0.25) is 0 Å². The Morgan fingerprint density at radius 1 is 1.06 bits per heavy atom. The van der Waals surface area contributed by atoms with Gasteiger partial charge in [0.05, 0.1) is 12.0 Å². The Morgan fingerprint density at radius 2 is 1.44 bits per heavy atom. The highest BCUT2D eigenvalue weighted by Crippen LogP contribution is 2.20. The fourth-order valence-electron chi connectivity index (χ4n) is 0.735. The van der Waals surface area contributed by atoms with E-state index < -0.39 is 23.5 Å². The van der Waals surface area contributed by atoms with Crippen LogP contribution in [0.3, 0.4) is 0 Å². The van der Waals surface area contributed by atoms with Crippen LogP contribution in [0.25, 0.3) is 0 Å². The molecule has 18 heavy (non-hydrogen) atoms. The Balaban J connectivity index is 0. The van der Waals surface area contributed by atoms with Crippen LogP contribution < -0.4 is 0 Å². The summed E-state index contributed by atoms with van der Waals surface area (Å²) in [7, 11) is 0. The van der Waals surface area contributed by atoms with Gasteiger partial charge in [-0.25, -0.2) is 4.79 Å². The third kappa shape index (κ3) is 10.0. The highest BCUT2D eigenvalue weighted by atomic mass is 16.4. The third-order valence-electron chi connectivity index (χ3n) is 2.07. The molecular weight excluding hydrogens is 240 g/mol. The Morgan fingerprint density at radius 3 is 1.50 bits per heavy atom. The second-order valence-corrected chi connectivity index (χ2v) is 5.97. The van der Waals surface area contributed by atoms with E-state index in [0.717, 1.165) is 0 Å². The summed E-state index contributed by atoms with van der Waals surface area (Å²) in [4.78, 5) is 20.2. The largest absolute Gasteiger partial charge is 0.481 e. The lowest BCUT2D eigenvalue weighted by Crippen LogP contribution is -2.27. The van der Waals surface area contributed by atoms with Crippen LogP contribution in [-0.4, -0.2) is 45.1 Å². The smallest absolute Gasteiger partial charge is 0.332 e. The lowest BCUT2D eigenvalue weighted by molar-refractivity contribution is -0.149. The minimum absolute atomic E-state index is 0.127. The molecule has 0 heterocycles. The van der Waals surface area contributed by atoms with Gasteiger partial charge in [-0.05, 0) is 25.7 Å². The van der Waals surface area contributed by atoms with Crippen molar-refractivity contribution in [1.29, 1.82) is 0 Å². The van der Waals surface area contributed by atoms with Crippen molar-refractivity contribution in [3.8, 4) is 0 Å². The monoisotopic (exact) mass is 264 g/mol. The van der Waals surface area contributed by atoms with E-state index in [1.54, 1.807) is 0 Å². The molecule has 0 saturated heterocycles. The molecule has 4 N–H and O–H groups in total. The number of carboxylic acids is 2. The van der Waals surface area contributed by atoms with Crippen molar-refractivity contribution in [1.82, 2.24) is 0 Å². The van der Waals surface area contributed by atoms with Crippen LogP contribution in [0, 0.1) is 10.8 Å². The number of hydrogen-bond donors (Lipinski definition) is 4. The van der Waals surface area contributed by atoms with E-state index in [9.17, 15) is 9.59 Å². The van der Waals surface area contributed by atoms with Gasteiger partial charge < -0.3 is 20.4 Å². The number of aliphatic hydroxyl groups is 2. The summed E-state index contributed by atoms with van der Waals surface area (Å²) in [5, 5.41) is 33.8. The summed E-state index contributed by atoms with van der Waals surface area (Å²) in [5.74, 6) is -2.12. The Bertz CT molecular complexity index is 277. The summed E-state index contributed by atoms with van der Waals surface area (Å²) >= 11 is 0. The highest BCUT2D eigenvalue weighted by molar-refractivity contribution is 5.73. The van der Waals surface area contributed by atoms with E-state index in [4.69, 9.17) is 20.4 Å². The predicted octanol–water partition coefficient (Wildman–Crippen LogP) is 0.958. The molecule has 0 amide bonds. The fourth-order valence-corrected chi connectivity index (χ4v) is 0.735. The second-order valence-electron chi connectivity index (χ2n) is 5.97. The van der Waals surface area contributed by atoms with Crippen LogP contribution in [0.15, 0.2) is 0 Å². The first-order chi connectivity index (χ1) is 7.83. The zero-order valence-corrected chi connectivity index (χ0v) is 11.6. The van der Waals surface area contributed by atoms with Gasteiger partial charge >= 0.3 is 11.9 Å². The molecule has 0 fully saturated rings. The summed E-state index contributed by atoms with van der Waals surface area (Å²) in [6, 6.07) is 0. The van der Waals surface area contributed by atoms with Gasteiger partial charge in [-0.3, -0.25) is 4.79 Å². The highest BCUT2D eigenvalue weighted by Gasteiger charge is 2.25. The number of aliphatic hydroxyl groups excluding tert-OH is 2. The van der Waals surface area contributed by atoms with E-state index in [0.29, 0.717) is 6.42 Å². The zero-order valence-electron chi connectivity index (χ0n) is 11.6. The molecule has 0 aliphatic rings. The maximum Gasteiger partial charge on any atom is 0.332 e. The van der Waals surface area contributed by atoms with Crippen molar-refractivity contribution >= 4 is 11.9 Å². The average molecular weight is 264 g/mol. The van der Waals surface area contributed by atoms with Crippen LogP contribution in [0.5, 0.6) is 0 Å². The average Bonchev–Trinajstić information content (AvgIpc) is 2.15. The summed E-state index contributed by atoms with van der Waals surface area (Å²) < 4.78 is 0. The van der Waals surface area contributed by atoms with Crippen molar-refractivity contribution in [2.24, 2.45) is 10.8 Å². The van der Waals surface area contributed by atoms with E-state index >= 15 is 0 Å². The molecule has 0 bridgehead atoms. The van der Waals surface area contributed by atoms with Gasteiger partial charge in [-0.1, -0.05) is 20.8 Å². The van der Waals surface area contributed by atoms with E-state index in [2.05, 4.69) is 0 Å². The molecule has 0 aromatic heterocycles. The first-order valence-corrected chi connectivity index (χ1v) is 5.58. The maximum atomic E-state index is 10.1. The standard InChI is InChI=1S/C7H14O3.C5H10O3/c1-7(2,3)4-5(8)6(9)10;1-5(2,3-6)4(7)8/h5,8H,4H2,1-3H3,(H,9,10);6H,3H2,1-2H3,(H,7,8). The van der Waals surface area contributed by atoms with Crippen LogP contribution in [0.2, 0.25) is 0 Å². The van der Waals surface area contributed by atoms with E-state index in [1.807, 2.05) is 20.8 Å². The summed E-state index contributed by atoms with van der Waals surface area (Å²) in [5.41, 5.74) is -1.11. The Hall–Kier alpha value is -1.14. The van der Waals surface area contributed by atoms with Crippen molar-refractivity contribution in [2.45, 2.75) is 47.1 Å². The van der Waals surface area contributed by atoms with Gasteiger partial charge in [0.25, 0.3) is 0 Å². The molecule has 108 valence electrons. The topological polar surface area (TPSA) is 115 Å². The number of hydrogen-bond acceptors (Lipinski definition) is 4. The summed E-state index contributed by atoms with van der Waals surface area (Å²) in [6.07, 6.45) is -0.928. The SMILES string of the molecule is CC(C)(C)CC(O)C(=O)O.CC(C)(CO)C(=O)O. The van der Waals surface area contributed by atoms with Gasteiger partial charge in [0.15, 0.2) is 6.10 Å². The fraction of sp³-hybridized carbons (Fsp3) is 0.833. The van der Waals surface area contributed by atoms with Crippen molar-refractivity contribution in [3.05, 3.63) is 0 Å². The first-order valence-electron chi connectivity index (χ1n) is 5.58. The zero-order chi connectivity index (χ0) is 15.1. The van der Waals surface area contributed by atoms with Crippen LogP contribution >= 0.6 is 0 Å². The molecule has 6 nitrogen and oxygen atoms in total. The number of rotatable bonds is 4. The molecule has 0 aliphatic carbocycles. The molecule has 1 unspecified atom stereocenters. The molecule has 0 aromatic rings. The van der Waals surface area contributed by atoms with Gasteiger partial charge in [0, 0.05) is 0 Å². The summed E-state index contributed by atoms with van der Waals surface area (Å²) in [6.45, 7) is 8.28. The molecular formula is C12H24O6. The number of carboxylic acid groups (broad SMARTS) is 2. The molecule has 0 aliphatic heterocycles.